The molecular formula is C22H31N5O2. The molecule has 29 heavy (non-hydrogen) atoms. The lowest BCUT2D eigenvalue weighted by Crippen LogP contribution is -2.52. The van der Waals surface area contributed by atoms with Gasteiger partial charge in [0.1, 0.15) is 0 Å². The molecular weight excluding hydrogens is 366 g/mol. The fourth-order valence-electron chi connectivity index (χ4n) is 4.30. The van der Waals surface area contributed by atoms with Crippen LogP contribution in [-0.2, 0) is 6.54 Å². The minimum Gasteiger partial charge on any atom is -0.360 e. The highest BCUT2D eigenvalue weighted by Crippen LogP contribution is 2.24. The first kappa shape index (κ1) is 19.9. The normalized spacial score (nSPS) is 19.4. The van der Waals surface area contributed by atoms with E-state index in [4.69, 9.17) is 4.52 Å². The van der Waals surface area contributed by atoms with Gasteiger partial charge in [-0.25, -0.2) is 4.79 Å². The second-order valence-corrected chi connectivity index (χ2v) is 8.05. The second-order valence-electron chi connectivity index (χ2n) is 8.05. The molecule has 1 aromatic heterocycles. The number of urea groups is 1. The van der Waals surface area contributed by atoms with Crippen LogP contribution in [0.5, 0.6) is 0 Å². The summed E-state index contributed by atoms with van der Waals surface area (Å²) in [6.45, 7) is 8.71. The van der Waals surface area contributed by atoms with Gasteiger partial charge in [0.2, 0.25) is 0 Å². The van der Waals surface area contributed by atoms with Crippen LogP contribution in [0.15, 0.2) is 40.9 Å². The van der Waals surface area contributed by atoms with Crippen LogP contribution in [0.4, 0.5) is 4.79 Å². The van der Waals surface area contributed by atoms with E-state index in [1.807, 2.05) is 24.0 Å². The van der Waals surface area contributed by atoms with Crippen LogP contribution >= 0.6 is 0 Å². The third kappa shape index (κ3) is 5.16. The number of aryl methyl sites for hydroxylation is 1. The molecule has 0 spiro atoms. The number of aromatic nitrogens is 1. The lowest BCUT2D eigenvalue weighted by atomic mass is 10.1. The molecule has 0 radical (unpaired) electrons. The van der Waals surface area contributed by atoms with E-state index in [2.05, 4.69) is 44.5 Å². The molecule has 1 atom stereocenters. The van der Waals surface area contributed by atoms with Gasteiger partial charge in [0.25, 0.3) is 0 Å². The summed E-state index contributed by atoms with van der Waals surface area (Å²) in [4.78, 5) is 19.5. The van der Waals surface area contributed by atoms with Crippen LogP contribution in [0.2, 0.25) is 0 Å². The number of carbonyl (C=O) groups is 1. The summed E-state index contributed by atoms with van der Waals surface area (Å²) in [5, 5.41) is 7.14. The Bertz CT molecular complexity index is 780. The molecule has 0 aliphatic carbocycles. The third-order valence-corrected chi connectivity index (χ3v) is 5.93. The average molecular weight is 398 g/mol. The number of carbonyl (C=O) groups excluding carboxylic acids is 1. The van der Waals surface area contributed by atoms with Gasteiger partial charge < -0.3 is 14.7 Å². The highest BCUT2D eigenvalue weighted by Gasteiger charge is 2.26. The summed E-state index contributed by atoms with van der Waals surface area (Å²) in [7, 11) is 0. The molecule has 1 unspecified atom stereocenters. The first-order valence-electron chi connectivity index (χ1n) is 10.7. The molecule has 0 saturated carbocycles. The molecule has 2 aromatic rings. The molecule has 4 rings (SSSR count). The quantitative estimate of drug-likeness (QED) is 0.812. The molecule has 2 saturated heterocycles. The predicted octanol–water partition coefficient (Wildman–Crippen LogP) is 2.65. The fourth-order valence-corrected chi connectivity index (χ4v) is 4.30. The van der Waals surface area contributed by atoms with Gasteiger partial charge in [-0.05, 0) is 38.4 Å². The van der Waals surface area contributed by atoms with Crippen molar-refractivity contribution in [2.45, 2.75) is 32.4 Å². The highest BCUT2D eigenvalue weighted by molar-refractivity contribution is 5.74. The summed E-state index contributed by atoms with van der Waals surface area (Å²) in [6.07, 6.45) is 2.48. The number of hydrogen-bond donors (Lipinski definition) is 1. The Hall–Kier alpha value is -2.38. The van der Waals surface area contributed by atoms with Gasteiger partial charge in [0.05, 0.1) is 18.3 Å². The first-order valence-corrected chi connectivity index (χ1v) is 10.7. The third-order valence-electron chi connectivity index (χ3n) is 5.93. The van der Waals surface area contributed by atoms with Gasteiger partial charge in [-0.1, -0.05) is 35.5 Å². The maximum Gasteiger partial charge on any atom is 0.317 e. The van der Waals surface area contributed by atoms with Gasteiger partial charge in [0, 0.05) is 38.8 Å². The number of nitrogens with zero attached hydrogens (tertiary/aromatic N) is 4. The summed E-state index contributed by atoms with van der Waals surface area (Å²) >= 11 is 0. The number of nitrogens with one attached hydrogen (secondary N) is 1. The topological polar surface area (TPSA) is 64.8 Å². The number of piperazine rings is 1. The van der Waals surface area contributed by atoms with Gasteiger partial charge in [0.15, 0.2) is 5.76 Å². The average Bonchev–Trinajstić information content (AvgIpc) is 3.42. The minimum atomic E-state index is 0.0419. The Labute approximate surface area is 172 Å². The Morgan fingerprint density at radius 3 is 2.48 bits per heavy atom. The largest absolute Gasteiger partial charge is 0.360 e. The number of likely N-dealkylation sites (tertiary alicyclic amines) is 1. The number of hydrogen-bond acceptors (Lipinski definition) is 5. The summed E-state index contributed by atoms with van der Waals surface area (Å²) in [5.41, 5.74) is 2.19. The Morgan fingerprint density at radius 2 is 1.83 bits per heavy atom. The van der Waals surface area contributed by atoms with E-state index in [-0.39, 0.29) is 12.1 Å². The predicted molar refractivity (Wildman–Crippen MR) is 111 cm³/mol. The van der Waals surface area contributed by atoms with Crippen LogP contribution in [0.3, 0.4) is 0 Å². The van der Waals surface area contributed by atoms with Crippen LogP contribution in [0.1, 0.15) is 35.9 Å². The number of benzene rings is 1. The molecule has 2 amide bonds. The number of rotatable bonds is 6. The molecule has 2 aliphatic heterocycles. The molecule has 2 aliphatic rings. The summed E-state index contributed by atoms with van der Waals surface area (Å²) in [6, 6.07) is 12.8. The van der Waals surface area contributed by atoms with Gasteiger partial charge in [-0.2, -0.15) is 0 Å². The highest BCUT2D eigenvalue weighted by atomic mass is 16.5. The molecule has 2 fully saturated rings. The monoisotopic (exact) mass is 397 g/mol. The van der Waals surface area contributed by atoms with E-state index in [0.29, 0.717) is 6.54 Å². The van der Waals surface area contributed by atoms with E-state index in [1.165, 1.54) is 18.4 Å². The van der Waals surface area contributed by atoms with E-state index in [1.54, 1.807) is 0 Å². The van der Waals surface area contributed by atoms with Crippen molar-refractivity contribution in [1.29, 1.82) is 0 Å². The van der Waals surface area contributed by atoms with Crippen molar-refractivity contribution in [1.82, 2.24) is 25.2 Å². The molecule has 7 nitrogen and oxygen atoms in total. The lowest BCUT2D eigenvalue weighted by molar-refractivity contribution is 0.126. The molecule has 1 aromatic carbocycles. The number of amides is 2. The van der Waals surface area contributed by atoms with E-state index < -0.39 is 0 Å². The maximum atomic E-state index is 12.8. The zero-order valence-corrected chi connectivity index (χ0v) is 17.2. The van der Waals surface area contributed by atoms with Crippen LogP contribution in [-0.4, -0.2) is 71.7 Å². The van der Waals surface area contributed by atoms with Crippen LogP contribution in [0.25, 0.3) is 0 Å². The van der Waals surface area contributed by atoms with Crippen molar-refractivity contribution >= 4 is 6.03 Å². The zero-order valence-electron chi connectivity index (χ0n) is 17.2. The first-order chi connectivity index (χ1) is 14.2. The Kier molecular flexibility index (Phi) is 6.46. The molecule has 3 heterocycles. The molecule has 156 valence electrons. The lowest BCUT2D eigenvalue weighted by Gasteiger charge is -2.35. The van der Waals surface area contributed by atoms with Crippen LogP contribution in [0, 0.1) is 6.92 Å². The van der Waals surface area contributed by atoms with Crippen molar-refractivity contribution < 1.29 is 9.32 Å². The summed E-state index contributed by atoms with van der Waals surface area (Å²) < 4.78 is 5.31. The Morgan fingerprint density at radius 1 is 1.10 bits per heavy atom. The SMILES string of the molecule is Cc1cc(CN2CCN(C(=O)NCC(c3ccccc3)N3CCCC3)CC2)on1. The second kappa shape index (κ2) is 9.41. The standard InChI is InChI=1S/C22H31N5O2/c1-18-15-20(29-24-18)17-25-11-13-27(14-12-25)22(28)23-16-21(26-9-5-6-10-26)19-7-3-2-4-8-19/h2-4,7-8,15,21H,5-6,9-14,16-17H2,1H3,(H,23,28). The van der Waals surface area contributed by atoms with Gasteiger partial charge >= 0.3 is 6.03 Å². The van der Waals surface area contributed by atoms with Crippen molar-refractivity contribution in [2.75, 3.05) is 45.8 Å². The van der Waals surface area contributed by atoms with Crippen molar-refractivity contribution in [3.05, 3.63) is 53.4 Å². The minimum absolute atomic E-state index is 0.0419. The molecule has 0 bridgehead atoms. The Balaban J connectivity index is 1.27. The smallest absolute Gasteiger partial charge is 0.317 e. The zero-order chi connectivity index (χ0) is 20.1. The van der Waals surface area contributed by atoms with Crippen LogP contribution < -0.4 is 5.32 Å². The van der Waals surface area contributed by atoms with E-state index in [0.717, 1.165) is 57.3 Å². The van der Waals surface area contributed by atoms with Crippen molar-refractivity contribution in [3.8, 4) is 0 Å². The summed E-state index contributed by atoms with van der Waals surface area (Å²) in [5.74, 6) is 0.886. The molecule has 1 N–H and O–H groups in total. The molecule has 7 heteroatoms. The maximum absolute atomic E-state index is 12.8. The van der Waals surface area contributed by atoms with E-state index >= 15 is 0 Å². The van der Waals surface area contributed by atoms with Crippen molar-refractivity contribution in [2.24, 2.45) is 0 Å². The van der Waals surface area contributed by atoms with E-state index in [9.17, 15) is 4.79 Å². The van der Waals surface area contributed by atoms with Gasteiger partial charge in [-0.3, -0.25) is 9.80 Å². The van der Waals surface area contributed by atoms with Gasteiger partial charge in [-0.15, -0.1) is 0 Å². The fraction of sp³-hybridized carbons (Fsp3) is 0.545. The van der Waals surface area contributed by atoms with Crippen molar-refractivity contribution in [3.63, 3.8) is 0 Å².